The molecule has 1 saturated heterocycles. The first-order valence-electron chi connectivity index (χ1n) is 10.0. The zero-order chi connectivity index (χ0) is 19.5. The van der Waals surface area contributed by atoms with Crippen LogP contribution in [0, 0.1) is 5.92 Å². The van der Waals surface area contributed by atoms with Crippen LogP contribution in [0.2, 0.25) is 0 Å². The van der Waals surface area contributed by atoms with Gasteiger partial charge in [-0.05, 0) is 43.6 Å². The number of aromatic nitrogens is 2. The van der Waals surface area contributed by atoms with Gasteiger partial charge in [-0.15, -0.1) is 11.3 Å². The first-order valence-corrected chi connectivity index (χ1v) is 11.8. The van der Waals surface area contributed by atoms with Crippen LogP contribution in [0.15, 0.2) is 11.4 Å². The van der Waals surface area contributed by atoms with Crippen molar-refractivity contribution in [3.63, 3.8) is 0 Å². The average Bonchev–Trinajstić information content (AvgIpc) is 3.26. The van der Waals surface area contributed by atoms with Crippen molar-refractivity contribution in [2.75, 3.05) is 25.4 Å². The van der Waals surface area contributed by atoms with E-state index in [1.54, 1.807) is 17.7 Å². The molecule has 1 aliphatic heterocycles. The van der Waals surface area contributed by atoms with Crippen LogP contribution < -0.4 is 5.32 Å². The van der Waals surface area contributed by atoms with Crippen molar-refractivity contribution in [1.82, 2.24) is 20.2 Å². The molecule has 1 fully saturated rings. The second-order valence-corrected chi connectivity index (χ2v) is 9.73. The Hall–Kier alpha value is -1.67. The van der Waals surface area contributed by atoms with Crippen LogP contribution in [0.3, 0.4) is 0 Å². The molecule has 8 heteroatoms. The van der Waals surface area contributed by atoms with Crippen LogP contribution in [0.5, 0.6) is 0 Å². The van der Waals surface area contributed by atoms with Crippen molar-refractivity contribution in [2.45, 2.75) is 50.5 Å². The minimum absolute atomic E-state index is 0.0160. The van der Waals surface area contributed by atoms with E-state index in [0.717, 1.165) is 54.5 Å². The normalized spacial score (nSPS) is 19.2. The molecule has 2 amide bonds. The number of hydrogen-bond acceptors (Lipinski definition) is 6. The molecule has 1 N–H and O–H groups in total. The van der Waals surface area contributed by atoms with Crippen molar-refractivity contribution in [3.05, 3.63) is 16.8 Å². The van der Waals surface area contributed by atoms with E-state index in [1.165, 1.54) is 34.0 Å². The fourth-order valence-electron chi connectivity index (χ4n) is 3.98. The number of thiophene rings is 1. The fraction of sp³-hybridized carbons (Fsp3) is 0.600. The highest BCUT2D eigenvalue weighted by atomic mass is 32.2. The summed E-state index contributed by atoms with van der Waals surface area (Å²) in [5.74, 6) is 1.34. The molecular weight excluding hydrogens is 392 g/mol. The Morgan fingerprint density at radius 1 is 1.39 bits per heavy atom. The Kier molecular flexibility index (Phi) is 6.16. The molecule has 0 radical (unpaired) electrons. The molecule has 1 unspecified atom stereocenters. The largest absolute Gasteiger partial charge is 0.355 e. The molecule has 28 heavy (non-hydrogen) atoms. The molecular formula is C20H26N4O2S2. The summed E-state index contributed by atoms with van der Waals surface area (Å²) in [4.78, 5) is 37.1. The quantitative estimate of drug-likeness (QED) is 0.425. The number of aryl methyl sites for hydroxylation is 1. The summed E-state index contributed by atoms with van der Waals surface area (Å²) in [5, 5.41) is 5.06. The zero-order valence-corrected chi connectivity index (χ0v) is 17.8. The molecule has 4 rings (SSSR count). The summed E-state index contributed by atoms with van der Waals surface area (Å²) < 4.78 is 0. The second kappa shape index (κ2) is 8.78. The molecule has 2 aromatic heterocycles. The third kappa shape index (κ3) is 4.33. The maximum Gasteiger partial charge on any atom is 0.230 e. The standard InChI is InChI=1S/C20H26N4O2S2/c1-13-5-6-14-15(10-13)28-20-18(14)19(22-12-23-20)27-11-16(25)21-7-3-9-24-8-2-4-17(24)26/h12-13H,2-11H2,1H3,(H,21,25). The monoisotopic (exact) mass is 418 g/mol. The van der Waals surface area contributed by atoms with E-state index in [9.17, 15) is 9.59 Å². The van der Waals surface area contributed by atoms with Gasteiger partial charge in [0, 0.05) is 36.3 Å². The summed E-state index contributed by atoms with van der Waals surface area (Å²) in [6.07, 6.45) is 7.45. The van der Waals surface area contributed by atoms with Crippen molar-refractivity contribution in [2.24, 2.45) is 5.92 Å². The number of likely N-dealkylation sites (tertiary alicyclic amines) is 1. The van der Waals surface area contributed by atoms with Gasteiger partial charge in [0.1, 0.15) is 16.2 Å². The maximum atomic E-state index is 12.2. The van der Waals surface area contributed by atoms with Crippen molar-refractivity contribution in [1.29, 1.82) is 0 Å². The van der Waals surface area contributed by atoms with E-state index in [2.05, 4.69) is 22.2 Å². The van der Waals surface area contributed by atoms with Gasteiger partial charge in [0.2, 0.25) is 11.8 Å². The van der Waals surface area contributed by atoms with Gasteiger partial charge in [-0.3, -0.25) is 9.59 Å². The summed E-state index contributed by atoms with van der Waals surface area (Å²) in [6, 6.07) is 0. The highest BCUT2D eigenvalue weighted by Gasteiger charge is 2.23. The molecule has 6 nitrogen and oxygen atoms in total. The lowest BCUT2D eigenvalue weighted by Gasteiger charge is -2.18. The first kappa shape index (κ1) is 19.6. The number of nitrogens with zero attached hydrogens (tertiary/aromatic N) is 3. The van der Waals surface area contributed by atoms with E-state index < -0.39 is 0 Å². The summed E-state index contributed by atoms with van der Waals surface area (Å²) in [7, 11) is 0. The number of carbonyl (C=O) groups excluding carboxylic acids is 2. The van der Waals surface area contributed by atoms with Crippen molar-refractivity contribution >= 4 is 45.1 Å². The van der Waals surface area contributed by atoms with E-state index in [-0.39, 0.29) is 11.8 Å². The minimum atomic E-state index is 0.0160. The van der Waals surface area contributed by atoms with Gasteiger partial charge in [-0.25, -0.2) is 9.97 Å². The van der Waals surface area contributed by atoms with Gasteiger partial charge < -0.3 is 10.2 Å². The molecule has 0 spiro atoms. The predicted octanol–water partition coefficient (Wildman–Crippen LogP) is 3.04. The van der Waals surface area contributed by atoms with Crippen LogP contribution in [0.1, 0.15) is 43.0 Å². The average molecular weight is 419 g/mol. The van der Waals surface area contributed by atoms with Crippen LogP contribution in [0.4, 0.5) is 0 Å². The Balaban J connectivity index is 1.30. The van der Waals surface area contributed by atoms with Gasteiger partial charge >= 0.3 is 0 Å². The molecule has 150 valence electrons. The van der Waals surface area contributed by atoms with E-state index in [4.69, 9.17) is 0 Å². The number of rotatable bonds is 7. The molecule has 0 bridgehead atoms. The van der Waals surface area contributed by atoms with E-state index in [0.29, 0.717) is 18.7 Å². The Morgan fingerprint density at radius 2 is 2.29 bits per heavy atom. The molecule has 0 aromatic carbocycles. The van der Waals surface area contributed by atoms with E-state index >= 15 is 0 Å². The minimum Gasteiger partial charge on any atom is -0.355 e. The van der Waals surface area contributed by atoms with Crippen LogP contribution in [0.25, 0.3) is 10.2 Å². The van der Waals surface area contributed by atoms with Gasteiger partial charge in [0.25, 0.3) is 0 Å². The summed E-state index contributed by atoms with van der Waals surface area (Å²) in [5.41, 5.74) is 1.40. The molecule has 0 saturated carbocycles. The van der Waals surface area contributed by atoms with Crippen LogP contribution >= 0.6 is 23.1 Å². The fourth-order valence-corrected chi connectivity index (χ4v) is 6.25. The smallest absolute Gasteiger partial charge is 0.230 e. The second-order valence-electron chi connectivity index (χ2n) is 7.69. The number of thioether (sulfide) groups is 1. The Labute approximate surface area is 173 Å². The van der Waals surface area contributed by atoms with Crippen LogP contribution in [-0.4, -0.2) is 52.1 Å². The zero-order valence-electron chi connectivity index (χ0n) is 16.2. The molecule has 2 aliphatic rings. The van der Waals surface area contributed by atoms with Crippen molar-refractivity contribution in [3.8, 4) is 0 Å². The number of nitrogens with one attached hydrogen (secondary N) is 1. The molecule has 2 aromatic rings. The lowest BCUT2D eigenvalue weighted by molar-refractivity contribution is -0.127. The first-order chi connectivity index (χ1) is 13.6. The van der Waals surface area contributed by atoms with Gasteiger partial charge in [-0.1, -0.05) is 18.7 Å². The molecule has 1 aliphatic carbocycles. The highest BCUT2D eigenvalue weighted by molar-refractivity contribution is 8.00. The van der Waals surface area contributed by atoms with Crippen LogP contribution in [-0.2, 0) is 22.4 Å². The number of carbonyl (C=O) groups is 2. The predicted molar refractivity (Wildman–Crippen MR) is 113 cm³/mol. The lowest BCUT2D eigenvalue weighted by Crippen LogP contribution is -2.31. The maximum absolute atomic E-state index is 12.2. The number of hydrogen-bond donors (Lipinski definition) is 1. The summed E-state index contributed by atoms with van der Waals surface area (Å²) >= 11 is 3.28. The third-order valence-corrected chi connectivity index (χ3v) is 7.65. The highest BCUT2D eigenvalue weighted by Crippen LogP contribution is 2.40. The van der Waals surface area contributed by atoms with E-state index in [1.807, 2.05) is 4.90 Å². The number of amides is 2. The molecule has 1 atom stereocenters. The third-order valence-electron chi connectivity index (χ3n) is 5.50. The van der Waals surface area contributed by atoms with Gasteiger partial charge in [0.05, 0.1) is 5.75 Å². The Morgan fingerprint density at radius 3 is 3.11 bits per heavy atom. The lowest BCUT2D eigenvalue weighted by atomic mass is 9.89. The number of fused-ring (bicyclic) bond motifs is 3. The van der Waals surface area contributed by atoms with Gasteiger partial charge in [0.15, 0.2) is 0 Å². The Bertz CT molecular complexity index is 882. The van der Waals surface area contributed by atoms with Gasteiger partial charge in [-0.2, -0.15) is 0 Å². The summed E-state index contributed by atoms with van der Waals surface area (Å²) in [6.45, 7) is 4.50. The molecule has 3 heterocycles. The topological polar surface area (TPSA) is 75.2 Å². The van der Waals surface area contributed by atoms with Crippen molar-refractivity contribution < 1.29 is 9.59 Å². The SMILES string of the molecule is CC1CCc2c(sc3ncnc(SCC(=O)NCCCN4CCCC4=O)c23)C1.